The summed E-state index contributed by atoms with van der Waals surface area (Å²) in [6.07, 6.45) is 0. The highest BCUT2D eigenvalue weighted by molar-refractivity contribution is 9.10. The zero-order valence-corrected chi connectivity index (χ0v) is 10.6. The van der Waals surface area contributed by atoms with Crippen LogP contribution in [-0.4, -0.2) is 24.2 Å². The van der Waals surface area contributed by atoms with Crippen LogP contribution in [0.4, 0.5) is 0 Å². The SMILES string of the molecule is CCOC(=O)CNCc1cccc(Br)c1O. The van der Waals surface area contributed by atoms with Crippen molar-refractivity contribution in [1.29, 1.82) is 0 Å². The van der Waals surface area contributed by atoms with Gasteiger partial charge in [-0.2, -0.15) is 0 Å². The van der Waals surface area contributed by atoms with Crippen molar-refractivity contribution in [1.82, 2.24) is 5.32 Å². The van der Waals surface area contributed by atoms with Crippen molar-refractivity contribution >= 4 is 21.9 Å². The summed E-state index contributed by atoms with van der Waals surface area (Å²) >= 11 is 3.22. The molecule has 0 aromatic heterocycles. The molecule has 0 saturated carbocycles. The Kier molecular flexibility index (Phi) is 5.28. The van der Waals surface area contributed by atoms with Gasteiger partial charge < -0.3 is 15.2 Å². The van der Waals surface area contributed by atoms with Gasteiger partial charge in [0.2, 0.25) is 0 Å². The maximum atomic E-state index is 11.0. The van der Waals surface area contributed by atoms with Crippen LogP contribution < -0.4 is 5.32 Å². The number of halogens is 1. The van der Waals surface area contributed by atoms with Crippen molar-refractivity contribution in [3.05, 3.63) is 28.2 Å². The molecule has 1 aromatic rings. The van der Waals surface area contributed by atoms with Crippen LogP contribution in [0.15, 0.2) is 22.7 Å². The number of phenols is 1. The van der Waals surface area contributed by atoms with E-state index in [1.165, 1.54) is 0 Å². The van der Waals surface area contributed by atoms with E-state index in [-0.39, 0.29) is 18.3 Å². The van der Waals surface area contributed by atoms with Crippen molar-refractivity contribution in [2.75, 3.05) is 13.2 Å². The Bertz CT molecular complexity index is 368. The van der Waals surface area contributed by atoms with Gasteiger partial charge in [0.25, 0.3) is 0 Å². The second-order valence-electron chi connectivity index (χ2n) is 3.16. The molecule has 0 bridgehead atoms. The van der Waals surface area contributed by atoms with E-state index in [4.69, 9.17) is 4.74 Å². The van der Waals surface area contributed by atoms with Crippen molar-refractivity contribution < 1.29 is 14.6 Å². The molecule has 5 heteroatoms. The first kappa shape index (κ1) is 13.0. The Hall–Kier alpha value is -1.07. The predicted molar refractivity (Wildman–Crippen MR) is 64.1 cm³/mol. The first-order valence-electron chi connectivity index (χ1n) is 4.97. The molecule has 4 nitrogen and oxygen atoms in total. The third-order valence-electron chi connectivity index (χ3n) is 1.96. The van der Waals surface area contributed by atoms with Gasteiger partial charge in [0.05, 0.1) is 17.6 Å². The van der Waals surface area contributed by atoms with Crippen molar-refractivity contribution in [2.45, 2.75) is 13.5 Å². The molecule has 0 unspecified atom stereocenters. The van der Waals surface area contributed by atoms with E-state index < -0.39 is 0 Å². The summed E-state index contributed by atoms with van der Waals surface area (Å²) in [7, 11) is 0. The molecule has 1 rings (SSSR count). The van der Waals surface area contributed by atoms with Crippen molar-refractivity contribution in [2.24, 2.45) is 0 Å². The van der Waals surface area contributed by atoms with E-state index in [1.807, 2.05) is 6.07 Å². The van der Waals surface area contributed by atoms with Crippen LogP contribution >= 0.6 is 15.9 Å². The minimum absolute atomic E-state index is 0.139. The smallest absolute Gasteiger partial charge is 0.319 e. The van der Waals surface area contributed by atoms with E-state index in [9.17, 15) is 9.90 Å². The molecule has 1 aromatic carbocycles. The number of benzene rings is 1. The third kappa shape index (κ3) is 3.83. The summed E-state index contributed by atoms with van der Waals surface area (Å²) in [6.45, 7) is 2.70. The zero-order chi connectivity index (χ0) is 12.0. The number of esters is 1. The number of rotatable bonds is 5. The standard InChI is InChI=1S/C11H14BrNO3/c1-2-16-10(14)7-13-6-8-4-3-5-9(12)11(8)15/h3-5,13,15H,2,6-7H2,1H3. The van der Waals surface area contributed by atoms with Gasteiger partial charge in [0.15, 0.2) is 0 Å². The summed E-state index contributed by atoms with van der Waals surface area (Å²) < 4.78 is 5.40. The van der Waals surface area contributed by atoms with E-state index in [1.54, 1.807) is 19.1 Å². The van der Waals surface area contributed by atoms with Gasteiger partial charge in [-0.1, -0.05) is 12.1 Å². The Labute approximate surface area is 103 Å². The number of ether oxygens (including phenoxy) is 1. The lowest BCUT2D eigenvalue weighted by molar-refractivity contribution is -0.142. The number of carbonyl (C=O) groups is 1. The van der Waals surface area contributed by atoms with Gasteiger partial charge >= 0.3 is 5.97 Å². The average molecular weight is 288 g/mol. The fourth-order valence-corrected chi connectivity index (χ4v) is 1.62. The van der Waals surface area contributed by atoms with Crippen molar-refractivity contribution in [3.63, 3.8) is 0 Å². The highest BCUT2D eigenvalue weighted by Crippen LogP contribution is 2.26. The number of carbonyl (C=O) groups excluding carboxylic acids is 1. The number of aromatic hydroxyl groups is 1. The second kappa shape index (κ2) is 6.50. The molecule has 0 fully saturated rings. The molecule has 0 amide bonds. The molecule has 0 aliphatic carbocycles. The van der Waals surface area contributed by atoms with E-state index in [0.717, 1.165) is 5.56 Å². The molecule has 88 valence electrons. The molecule has 2 N–H and O–H groups in total. The minimum Gasteiger partial charge on any atom is -0.506 e. The molecule has 0 radical (unpaired) electrons. The fraction of sp³-hybridized carbons (Fsp3) is 0.364. The first-order chi connectivity index (χ1) is 7.65. The fourth-order valence-electron chi connectivity index (χ4n) is 1.21. The Morgan fingerprint density at radius 1 is 1.56 bits per heavy atom. The van der Waals surface area contributed by atoms with Crippen LogP contribution in [0.5, 0.6) is 5.75 Å². The maximum absolute atomic E-state index is 11.0. The number of hydrogen-bond acceptors (Lipinski definition) is 4. The van der Waals surface area contributed by atoms with Gasteiger partial charge in [0.1, 0.15) is 5.75 Å². The van der Waals surface area contributed by atoms with Crippen LogP contribution in [0.2, 0.25) is 0 Å². The summed E-state index contributed by atoms with van der Waals surface area (Å²) in [4.78, 5) is 11.0. The van der Waals surface area contributed by atoms with Gasteiger partial charge in [-0.25, -0.2) is 0 Å². The number of nitrogens with one attached hydrogen (secondary N) is 1. The highest BCUT2D eigenvalue weighted by Gasteiger charge is 2.05. The van der Waals surface area contributed by atoms with Gasteiger partial charge in [-0.3, -0.25) is 4.79 Å². The van der Waals surface area contributed by atoms with Crippen LogP contribution in [0.25, 0.3) is 0 Å². The van der Waals surface area contributed by atoms with Crippen LogP contribution in [-0.2, 0) is 16.1 Å². The molecule has 0 aliphatic rings. The molecule has 0 spiro atoms. The van der Waals surface area contributed by atoms with Gasteiger partial charge in [-0.15, -0.1) is 0 Å². The topological polar surface area (TPSA) is 58.6 Å². The average Bonchev–Trinajstić information content (AvgIpc) is 2.25. The molecule has 0 saturated heterocycles. The van der Waals surface area contributed by atoms with Crippen LogP contribution in [0.1, 0.15) is 12.5 Å². The summed E-state index contributed by atoms with van der Waals surface area (Å²) in [5.74, 6) is -0.101. The van der Waals surface area contributed by atoms with Crippen LogP contribution in [0, 0.1) is 0 Å². The summed E-state index contributed by atoms with van der Waals surface area (Å²) in [5.41, 5.74) is 0.735. The Morgan fingerprint density at radius 3 is 3.00 bits per heavy atom. The Morgan fingerprint density at radius 2 is 2.31 bits per heavy atom. The first-order valence-corrected chi connectivity index (χ1v) is 5.77. The number of para-hydroxylation sites is 1. The Balaban J connectivity index is 2.43. The van der Waals surface area contributed by atoms with Gasteiger partial charge in [0, 0.05) is 12.1 Å². The normalized spacial score (nSPS) is 10.1. The lowest BCUT2D eigenvalue weighted by Crippen LogP contribution is -2.24. The molecule has 0 heterocycles. The van der Waals surface area contributed by atoms with E-state index in [0.29, 0.717) is 17.6 Å². The van der Waals surface area contributed by atoms with E-state index >= 15 is 0 Å². The van der Waals surface area contributed by atoms with Gasteiger partial charge in [-0.05, 0) is 28.9 Å². The maximum Gasteiger partial charge on any atom is 0.319 e. The van der Waals surface area contributed by atoms with Crippen LogP contribution in [0.3, 0.4) is 0 Å². The molecule has 16 heavy (non-hydrogen) atoms. The van der Waals surface area contributed by atoms with E-state index in [2.05, 4.69) is 21.2 Å². The summed E-state index contributed by atoms with van der Waals surface area (Å²) in [5, 5.41) is 12.6. The molecular formula is C11H14BrNO3. The lowest BCUT2D eigenvalue weighted by atomic mass is 10.2. The zero-order valence-electron chi connectivity index (χ0n) is 9.00. The molecule has 0 atom stereocenters. The predicted octanol–water partition coefficient (Wildman–Crippen LogP) is 1.81. The summed E-state index contributed by atoms with van der Waals surface area (Å²) in [6, 6.07) is 5.37. The molecular weight excluding hydrogens is 274 g/mol. The van der Waals surface area contributed by atoms with Crippen molar-refractivity contribution in [3.8, 4) is 5.75 Å². The largest absolute Gasteiger partial charge is 0.506 e. The monoisotopic (exact) mass is 287 g/mol. The second-order valence-corrected chi connectivity index (χ2v) is 4.01. The minimum atomic E-state index is -0.294. The molecule has 0 aliphatic heterocycles. The number of phenolic OH excluding ortho intramolecular Hbond substituents is 1. The highest BCUT2D eigenvalue weighted by atomic mass is 79.9. The quantitative estimate of drug-likeness (QED) is 0.811. The lowest BCUT2D eigenvalue weighted by Gasteiger charge is -2.07. The number of hydrogen-bond donors (Lipinski definition) is 2. The third-order valence-corrected chi connectivity index (χ3v) is 2.60.